The van der Waals surface area contributed by atoms with Crippen LogP contribution in [0.4, 0.5) is 0 Å². The first-order valence-electron chi connectivity index (χ1n) is 20.7. The van der Waals surface area contributed by atoms with E-state index < -0.39 is 0 Å². The van der Waals surface area contributed by atoms with Gasteiger partial charge in [-0.05, 0) is 82.1 Å². The maximum absolute atomic E-state index is 6.31. The number of fused-ring (bicyclic) bond motifs is 6. The highest BCUT2D eigenvalue weighted by atomic mass is 16.3. The van der Waals surface area contributed by atoms with E-state index in [9.17, 15) is 0 Å². The van der Waals surface area contributed by atoms with Crippen LogP contribution in [0, 0.1) is 0 Å². The Bertz CT molecular complexity index is 3340. The number of benzene rings is 8. The fraction of sp³-hybridized carbons (Fsp3) is 0.0727. The van der Waals surface area contributed by atoms with Gasteiger partial charge in [0.15, 0.2) is 11.6 Å². The summed E-state index contributed by atoms with van der Waals surface area (Å²) in [4.78, 5) is 15.8. The average Bonchev–Trinajstić information content (AvgIpc) is 3.87. The van der Waals surface area contributed by atoms with E-state index in [1.165, 1.54) is 24.0 Å². The van der Waals surface area contributed by atoms with Gasteiger partial charge < -0.3 is 4.42 Å². The molecule has 3 heterocycles. The maximum Gasteiger partial charge on any atom is 0.238 e. The summed E-state index contributed by atoms with van der Waals surface area (Å²) in [5.41, 5.74) is 13.8. The summed E-state index contributed by atoms with van der Waals surface area (Å²) in [6.07, 6.45) is 3.51. The zero-order chi connectivity index (χ0) is 40.0. The smallest absolute Gasteiger partial charge is 0.238 e. The van der Waals surface area contributed by atoms with Crippen molar-refractivity contribution in [1.29, 1.82) is 0 Å². The quantitative estimate of drug-likeness (QED) is 0.147. The molecule has 0 fully saturated rings. The van der Waals surface area contributed by atoms with Gasteiger partial charge in [0, 0.05) is 32.7 Å². The molecule has 0 spiro atoms. The van der Waals surface area contributed by atoms with Crippen LogP contribution in [0.1, 0.15) is 25.3 Å². The third-order valence-electron chi connectivity index (χ3n) is 11.7. The van der Waals surface area contributed by atoms with Gasteiger partial charge in [-0.1, -0.05) is 171 Å². The van der Waals surface area contributed by atoms with Crippen molar-refractivity contribution in [1.82, 2.24) is 19.5 Å². The molecule has 8 aromatic carbocycles. The van der Waals surface area contributed by atoms with E-state index in [2.05, 4.69) is 175 Å². The predicted octanol–water partition coefficient (Wildman–Crippen LogP) is 14.5. The molecule has 0 atom stereocenters. The fourth-order valence-corrected chi connectivity index (χ4v) is 8.62. The molecule has 3 aromatic heterocycles. The lowest BCUT2D eigenvalue weighted by Gasteiger charge is -2.12. The summed E-state index contributed by atoms with van der Waals surface area (Å²) < 4.78 is 8.51. The molecule has 0 saturated carbocycles. The number of aryl methyl sites for hydroxylation is 1. The Hall–Kier alpha value is -7.63. The van der Waals surface area contributed by atoms with Gasteiger partial charge in [0.1, 0.15) is 11.2 Å². The first-order valence-corrected chi connectivity index (χ1v) is 20.7. The van der Waals surface area contributed by atoms with Crippen LogP contribution in [0.25, 0.3) is 106 Å². The van der Waals surface area contributed by atoms with Crippen LogP contribution in [-0.4, -0.2) is 19.5 Å². The van der Waals surface area contributed by atoms with E-state index in [1.54, 1.807) is 0 Å². The number of unbranched alkanes of at least 4 members (excludes halogenated alkanes) is 1. The molecule has 0 amide bonds. The van der Waals surface area contributed by atoms with Gasteiger partial charge in [-0.15, -0.1) is 0 Å². The zero-order valence-electron chi connectivity index (χ0n) is 33.2. The Kier molecular flexibility index (Phi) is 8.85. The van der Waals surface area contributed by atoms with Gasteiger partial charge in [0.05, 0.1) is 11.0 Å². The van der Waals surface area contributed by atoms with Crippen LogP contribution in [0.2, 0.25) is 0 Å². The van der Waals surface area contributed by atoms with Gasteiger partial charge in [-0.3, -0.25) is 4.57 Å². The topological polar surface area (TPSA) is 56.7 Å². The largest absolute Gasteiger partial charge is 0.456 e. The zero-order valence-corrected chi connectivity index (χ0v) is 33.2. The van der Waals surface area contributed by atoms with Gasteiger partial charge >= 0.3 is 0 Å². The molecule has 11 rings (SSSR count). The van der Waals surface area contributed by atoms with Gasteiger partial charge in [0.2, 0.25) is 5.95 Å². The normalized spacial score (nSPS) is 11.6. The van der Waals surface area contributed by atoms with Crippen LogP contribution < -0.4 is 0 Å². The van der Waals surface area contributed by atoms with Crippen LogP contribution in [-0.2, 0) is 6.42 Å². The highest BCUT2D eigenvalue weighted by Gasteiger charge is 2.20. The first-order chi connectivity index (χ1) is 29.7. The van der Waals surface area contributed by atoms with Crippen molar-refractivity contribution in [3.05, 3.63) is 194 Å². The Labute approximate surface area is 348 Å². The van der Waals surface area contributed by atoms with Gasteiger partial charge in [-0.2, -0.15) is 9.97 Å². The van der Waals surface area contributed by atoms with E-state index >= 15 is 0 Å². The third-order valence-corrected chi connectivity index (χ3v) is 11.7. The maximum atomic E-state index is 6.31. The number of para-hydroxylation sites is 2. The standard InChI is InChI=1S/C55H40N4O/c1-2-3-13-36-24-26-38(27-25-36)39-28-30-40(31-29-39)53-56-54(43-17-11-16-41(34-43)37-14-5-4-6-15-37)58-55(57-53)59-48-21-9-7-18-45(48)46-33-32-42(35-49(46)59)44-20-12-23-51-52(44)47-19-8-10-22-50(47)60-51/h4-12,14-35H,2-3,13H2,1H3. The fourth-order valence-electron chi connectivity index (χ4n) is 8.62. The number of furan rings is 1. The molecule has 0 aliphatic heterocycles. The highest BCUT2D eigenvalue weighted by molar-refractivity contribution is 6.14. The molecular weight excluding hydrogens is 733 g/mol. The predicted molar refractivity (Wildman–Crippen MR) is 247 cm³/mol. The second-order valence-electron chi connectivity index (χ2n) is 15.5. The first kappa shape index (κ1) is 35.5. The monoisotopic (exact) mass is 772 g/mol. The highest BCUT2D eigenvalue weighted by Crippen LogP contribution is 2.40. The van der Waals surface area contributed by atoms with E-state index in [1.807, 2.05) is 24.3 Å². The lowest BCUT2D eigenvalue weighted by Crippen LogP contribution is -2.06. The van der Waals surface area contributed by atoms with E-state index in [4.69, 9.17) is 19.4 Å². The Balaban J connectivity index is 1.10. The minimum absolute atomic E-state index is 0.558. The summed E-state index contributed by atoms with van der Waals surface area (Å²) in [5, 5.41) is 4.46. The number of hydrogen-bond acceptors (Lipinski definition) is 4. The van der Waals surface area contributed by atoms with Crippen LogP contribution in [0.5, 0.6) is 0 Å². The van der Waals surface area contributed by atoms with E-state index in [0.29, 0.717) is 17.6 Å². The second kappa shape index (κ2) is 14.9. The van der Waals surface area contributed by atoms with Crippen molar-refractivity contribution in [2.24, 2.45) is 0 Å². The van der Waals surface area contributed by atoms with E-state index in [0.717, 1.165) is 89.1 Å². The molecule has 0 saturated heterocycles. The summed E-state index contributed by atoms with van der Waals surface area (Å²) >= 11 is 0. The van der Waals surface area contributed by atoms with Crippen molar-refractivity contribution >= 4 is 43.7 Å². The minimum Gasteiger partial charge on any atom is -0.456 e. The van der Waals surface area contributed by atoms with Crippen LogP contribution >= 0.6 is 0 Å². The molecule has 0 aliphatic carbocycles. The minimum atomic E-state index is 0.558. The molecular formula is C55H40N4O. The molecule has 0 radical (unpaired) electrons. The molecule has 5 heteroatoms. The lowest BCUT2D eigenvalue weighted by molar-refractivity contribution is 0.669. The number of hydrogen-bond donors (Lipinski definition) is 0. The average molecular weight is 773 g/mol. The number of nitrogens with zero attached hydrogens (tertiary/aromatic N) is 4. The Morgan fingerprint density at radius 1 is 0.433 bits per heavy atom. The lowest BCUT2D eigenvalue weighted by atomic mass is 9.98. The molecule has 0 aliphatic rings. The SMILES string of the molecule is CCCCc1ccc(-c2ccc(-c3nc(-c4cccc(-c5ccccc5)c4)nc(-n4c5ccccc5c5ccc(-c6cccc7oc8ccccc8c67)cc54)n3)cc2)cc1. The third kappa shape index (κ3) is 6.32. The summed E-state index contributed by atoms with van der Waals surface area (Å²) in [6.45, 7) is 2.24. The molecule has 5 nitrogen and oxygen atoms in total. The van der Waals surface area contributed by atoms with Crippen molar-refractivity contribution < 1.29 is 4.42 Å². The molecule has 11 aromatic rings. The summed E-state index contributed by atoms with van der Waals surface area (Å²) in [5.74, 6) is 1.77. The number of rotatable bonds is 9. The Morgan fingerprint density at radius 3 is 1.85 bits per heavy atom. The van der Waals surface area contributed by atoms with Crippen molar-refractivity contribution in [2.75, 3.05) is 0 Å². The Morgan fingerprint density at radius 2 is 1.03 bits per heavy atom. The van der Waals surface area contributed by atoms with Crippen LogP contribution in [0.15, 0.2) is 192 Å². The molecule has 286 valence electrons. The molecule has 0 N–H and O–H groups in total. The van der Waals surface area contributed by atoms with Crippen molar-refractivity contribution in [3.8, 4) is 62.1 Å². The molecule has 0 unspecified atom stereocenters. The van der Waals surface area contributed by atoms with Gasteiger partial charge in [0.25, 0.3) is 0 Å². The van der Waals surface area contributed by atoms with Crippen molar-refractivity contribution in [3.63, 3.8) is 0 Å². The molecule has 60 heavy (non-hydrogen) atoms. The second-order valence-corrected chi connectivity index (χ2v) is 15.5. The number of aromatic nitrogens is 4. The van der Waals surface area contributed by atoms with Gasteiger partial charge in [-0.25, -0.2) is 4.98 Å². The van der Waals surface area contributed by atoms with Crippen LogP contribution in [0.3, 0.4) is 0 Å². The summed E-state index contributed by atoms with van der Waals surface area (Å²) in [6, 6.07) is 66.2. The summed E-state index contributed by atoms with van der Waals surface area (Å²) in [7, 11) is 0. The van der Waals surface area contributed by atoms with Crippen molar-refractivity contribution in [2.45, 2.75) is 26.2 Å². The van der Waals surface area contributed by atoms with E-state index in [-0.39, 0.29) is 0 Å². The molecule has 0 bridgehead atoms.